The number of rotatable bonds is 9. The van der Waals surface area contributed by atoms with Crippen molar-refractivity contribution in [3.8, 4) is 0 Å². The molecule has 7 heteroatoms. The van der Waals surface area contributed by atoms with Crippen molar-refractivity contribution in [1.82, 2.24) is 10.2 Å². The molecular formula is C13H26F3N3O. The van der Waals surface area contributed by atoms with Crippen molar-refractivity contribution < 1.29 is 18.0 Å². The van der Waals surface area contributed by atoms with E-state index in [1.807, 2.05) is 13.8 Å². The van der Waals surface area contributed by atoms with Gasteiger partial charge in [0.1, 0.15) is 0 Å². The van der Waals surface area contributed by atoms with E-state index in [4.69, 9.17) is 5.73 Å². The minimum absolute atomic E-state index is 0.0740. The summed E-state index contributed by atoms with van der Waals surface area (Å²) >= 11 is 0. The number of nitrogens with one attached hydrogen (secondary N) is 1. The van der Waals surface area contributed by atoms with E-state index in [1.54, 1.807) is 13.8 Å². The van der Waals surface area contributed by atoms with Crippen LogP contribution in [0, 0.1) is 0 Å². The van der Waals surface area contributed by atoms with Crippen LogP contribution in [0.2, 0.25) is 0 Å². The van der Waals surface area contributed by atoms with E-state index < -0.39 is 24.2 Å². The van der Waals surface area contributed by atoms with Crippen molar-refractivity contribution in [2.24, 2.45) is 5.73 Å². The lowest BCUT2D eigenvalue weighted by Gasteiger charge is -2.31. The quantitative estimate of drug-likeness (QED) is 0.683. The van der Waals surface area contributed by atoms with Gasteiger partial charge in [-0.2, -0.15) is 13.2 Å². The third-order valence-corrected chi connectivity index (χ3v) is 3.15. The molecule has 0 aliphatic heterocycles. The van der Waals surface area contributed by atoms with E-state index in [0.29, 0.717) is 25.9 Å². The number of amides is 1. The van der Waals surface area contributed by atoms with Gasteiger partial charge in [-0.1, -0.05) is 6.92 Å². The first-order valence-corrected chi connectivity index (χ1v) is 6.87. The number of hydrogen-bond donors (Lipinski definition) is 2. The van der Waals surface area contributed by atoms with Gasteiger partial charge in [0.05, 0.1) is 12.1 Å². The van der Waals surface area contributed by atoms with E-state index in [-0.39, 0.29) is 6.04 Å². The molecule has 1 unspecified atom stereocenters. The summed E-state index contributed by atoms with van der Waals surface area (Å²) in [4.78, 5) is 12.8. The van der Waals surface area contributed by atoms with Gasteiger partial charge in [-0.15, -0.1) is 0 Å². The number of halogens is 3. The molecule has 0 saturated heterocycles. The van der Waals surface area contributed by atoms with Crippen molar-refractivity contribution in [2.75, 3.05) is 19.6 Å². The molecule has 0 aliphatic rings. The smallest absolute Gasteiger partial charge is 0.368 e. The van der Waals surface area contributed by atoms with Gasteiger partial charge in [-0.25, -0.2) is 0 Å². The predicted molar refractivity (Wildman–Crippen MR) is 73.3 cm³/mol. The first-order chi connectivity index (χ1) is 9.00. The maximum Gasteiger partial charge on any atom is 0.401 e. The Morgan fingerprint density at radius 3 is 2.25 bits per heavy atom. The van der Waals surface area contributed by atoms with Gasteiger partial charge >= 0.3 is 6.18 Å². The second-order valence-corrected chi connectivity index (χ2v) is 5.58. The molecule has 120 valence electrons. The Labute approximate surface area is 118 Å². The second kappa shape index (κ2) is 7.83. The maximum atomic E-state index is 12.3. The van der Waals surface area contributed by atoms with Crippen LogP contribution in [0.15, 0.2) is 0 Å². The van der Waals surface area contributed by atoms with Crippen LogP contribution in [-0.2, 0) is 4.79 Å². The lowest BCUT2D eigenvalue weighted by Crippen LogP contribution is -2.55. The Bertz CT molecular complexity index is 308. The number of primary amides is 1. The minimum Gasteiger partial charge on any atom is -0.368 e. The Morgan fingerprint density at radius 2 is 1.90 bits per heavy atom. The molecule has 0 aromatic carbocycles. The Morgan fingerprint density at radius 1 is 1.35 bits per heavy atom. The van der Waals surface area contributed by atoms with Crippen molar-refractivity contribution in [2.45, 2.75) is 58.3 Å². The molecule has 4 nitrogen and oxygen atoms in total. The molecule has 0 radical (unpaired) electrons. The second-order valence-electron chi connectivity index (χ2n) is 5.58. The van der Waals surface area contributed by atoms with Crippen LogP contribution >= 0.6 is 0 Å². The Balaban J connectivity index is 4.39. The van der Waals surface area contributed by atoms with E-state index in [1.165, 1.54) is 4.90 Å². The highest BCUT2D eigenvalue weighted by Crippen LogP contribution is 2.18. The number of carbonyl (C=O) groups excluding carboxylic acids is 1. The zero-order chi connectivity index (χ0) is 16.0. The number of alkyl halides is 3. The van der Waals surface area contributed by atoms with Gasteiger partial charge in [-0.3, -0.25) is 9.69 Å². The lowest BCUT2D eigenvalue weighted by molar-refractivity contribution is -0.145. The molecule has 20 heavy (non-hydrogen) atoms. The zero-order valence-electron chi connectivity index (χ0n) is 12.7. The van der Waals surface area contributed by atoms with Gasteiger partial charge in [0.25, 0.3) is 0 Å². The van der Waals surface area contributed by atoms with E-state index in [2.05, 4.69) is 5.32 Å². The third kappa shape index (κ3) is 7.69. The molecule has 1 amide bonds. The summed E-state index contributed by atoms with van der Waals surface area (Å²) in [6, 6.07) is 0.0740. The molecule has 0 aromatic heterocycles. The van der Waals surface area contributed by atoms with E-state index in [0.717, 1.165) is 0 Å². The number of hydrogen-bond acceptors (Lipinski definition) is 3. The summed E-state index contributed by atoms with van der Waals surface area (Å²) in [6.07, 6.45) is -3.31. The molecule has 0 bridgehead atoms. The molecule has 3 N–H and O–H groups in total. The fourth-order valence-corrected chi connectivity index (χ4v) is 2.16. The average molecular weight is 297 g/mol. The third-order valence-electron chi connectivity index (χ3n) is 3.15. The molecule has 0 aromatic rings. The van der Waals surface area contributed by atoms with Crippen LogP contribution in [0.3, 0.4) is 0 Å². The molecule has 1 atom stereocenters. The fraction of sp³-hybridized carbons (Fsp3) is 0.923. The van der Waals surface area contributed by atoms with Crippen LogP contribution in [0.25, 0.3) is 0 Å². The highest BCUT2D eigenvalue weighted by molar-refractivity contribution is 5.84. The molecule has 0 fully saturated rings. The predicted octanol–water partition coefficient (Wildman–Crippen LogP) is 1.89. The molecule has 0 spiro atoms. The van der Waals surface area contributed by atoms with Crippen LogP contribution in [0.5, 0.6) is 0 Å². The van der Waals surface area contributed by atoms with Gasteiger partial charge in [0.2, 0.25) is 5.91 Å². The molecule has 0 rings (SSSR count). The summed E-state index contributed by atoms with van der Waals surface area (Å²) in [7, 11) is 0. The number of nitrogens with zero attached hydrogens (tertiary/aromatic N) is 1. The molecule has 0 saturated carbocycles. The van der Waals surface area contributed by atoms with Crippen molar-refractivity contribution >= 4 is 5.91 Å². The standard InChI is InChI=1S/C13H26F3N3O/c1-5-19(9-13(14,15)16)8-6-7-12(4,11(17)20)18-10(2)3/h10,18H,5-9H2,1-4H3,(H2,17,20). The number of nitrogens with two attached hydrogens (primary N) is 1. The van der Waals surface area contributed by atoms with Crippen LogP contribution in [0.4, 0.5) is 13.2 Å². The maximum absolute atomic E-state index is 12.3. The molecular weight excluding hydrogens is 271 g/mol. The Kier molecular flexibility index (Phi) is 7.51. The van der Waals surface area contributed by atoms with Crippen LogP contribution in [-0.4, -0.2) is 48.2 Å². The largest absolute Gasteiger partial charge is 0.401 e. The van der Waals surface area contributed by atoms with Crippen molar-refractivity contribution in [3.63, 3.8) is 0 Å². The fourth-order valence-electron chi connectivity index (χ4n) is 2.16. The van der Waals surface area contributed by atoms with Crippen molar-refractivity contribution in [1.29, 1.82) is 0 Å². The zero-order valence-corrected chi connectivity index (χ0v) is 12.7. The lowest BCUT2D eigenvalue weighted by atomic mass is 9.93. The number of carbonyl (C=O) groups is 1. The van der Waals surface area contributed by atoms with Crippen LogP contribution in [0.1, 0.15) is 40.5 Å². The van der Waals surface area contributed by atoms with Crippen molar-refractivity contribution in [3.05, 3.63) is 0 Å². The highest BCUT2D eigenvalue weighted by Gasteiger charge is 2.32. The topological polar surface area (TPSA) is 58.4 Å². The monoisotopic (exact) mass is 297 g/mol. The highest BCUT2D eigenvalue weighted by atomic mass is 19.4. The first-order valence-electron chi connectivity index (χ1n) is 6.87. The van der Waals surface area contributed by atoms with Gasteiger partial charge in [-0.05, 0) is 46.7 Å². The van der Waals surface area contributed by atoms with E-state index >= 15 is 0 Å². The Hall–Kier alpha value is -0.820. The van der Waals surface area contributed by atoms with Gasteiger partial charge < -0.3 is 11.1 Å². The summed E-state index contributed by atoms with van der Waals surface area (Å²) < 4.78 is 37.0. The average Bonchev–Trinajstić information content (AvgIpc) is 2.24. The first kappa shape index (κ1) is 19.2. The summed E-state index contributed by atoms with van der Waals surface area (Å²) in [5.41, 5.74) is 4.49. The van der Waals surface area contributed by atoms with Crippen LogP contribution < -0.4 is 11.1 Å². The molecule has 0 aliphatic carbocycles. The summed E-state index contributed by atoms with van der Waals surface area (Å²) in [6.45, 7) is 6.85. The summed E-state index contributed by atoms with van der Waals surface area (Å²) in [5.74, 6) is -0.481. The normalized spacial score (nSPS) is 15.7. The molecule has 0 heterocycles. The summed E-state index contributed by atoms with van der Waals surface area (Å²) in [5, 5.41) is 3.08. The van der Waals surface area contributed by atoms with Gasteiger partial charge in [0.15, 0.2) is 0 Å². The minimum atomic E-state index is -4.20. The van der Waals surface area contributed by atoms with E-state index in [9.17, 15) is 18.0 Å². The SMILES string of the molecule is CCN(CCCC(C)(NC(C)C)C(N)=O)CC(F)(F)F. The van der Waals surface area contributed by atoms with Gasteiger partial charge in [0, 0.05) is 6.04 Å².